The van der Waals surface area contributed by atoms with Gasteiger partial charge >= 0.3 is 0 Å². The average Bonchev–Trinajstić information content (AvgIpc) is 2.48. The van der Waals surface area contributed by atoms with Gasteiger partial charge in [0.15, 0.2) is 11.6 Å². The van der Waals surface area contributed by atoms with Crippen LogP contribution in [0.1, 0.15) is 18.9 Å². The number of nitrogens with one attached hydrogen (secondary N) is 1. The maximum Gasteiger partial charge on any atom is 0.159 e. The van der Waals surface area contributed by atoms with Gasteiger partial charge in [-0.05, 0) is 55.6 Å². The second-order valence-corrected chi connectivity index (χ2v) is 5.06. The minimum Gasteiger partial charge on any atom is -0.317 e. The first-order chi connectivity index (χ1) is 9.60. The highest BCUT2D eigenvalue weighted by Gasteiger charge is 2.06. The fourth-order valence-corrected chi connectivity index (χ4v) is 2.11. The SMILES string of the molecule is CNC(C)CCc1cccc(-c2ccc(F)c(F)c2)c1. The Labute approximate surface area is 118 Å². The van der Waals surface area contributed by atoms with Gasteiger partial charge in [-0.3, -0.25) is 0 Å². The molecule has 0 heterocycles. The Bertz CT molecular complexity index is 581. The van der Waals surface area contributed by atoms with Crippen LogP contribution in [-0.2, 0) is 6.42 Å². The van der Waals surface area contributed by atoms with E-state index < -0.39 is 11.6 Å². The third-order valence-corrected chi connectivity index (χ3v) is 3.54. The van der Waals surface area contributed by atoms with Gasteiger partial charge in [-0.2, -0.15) is 0 Å². The molecule has 0 saturated heterocycles. The number of halogens is 2. The lowest BCUT2D eigenvalue weighted by molar-refractivity contribution is 0.509. The molecule has 2 aromatic rings. The van der Waals surface area contributed by atoms with Gasteiger partial charge in [0.05, 0.1) is 0 Å². The van der Waals surface area contributed by atoms with E-state index in [1.165, 1.54) is 17.7 Å². The maximum absolute atomic E-state index is 13.3. The maximum atomic E-state index is 13.3. The Balaban J connectivity index is 2.18. The van der Waals surface area contributed by atoms with Gasteiger partial charge in [-0.25, -0.2) is 8.78 Å². The zero-order valence-electron chi connectivity index (χ0n) is 11.8. The van der Waals surface area contributed by atoms with E-state index in [0.717, 1.165) is 18.4 Å². The highest BCUT2D eigenvalue weighted by atomic mass is 19.2. The molecule has 0 fully saturated rings. The summed E-state index contributed by atoms with van der Waals surface area (Å²) in [4.78, 5) is 0. The van der Waals surface area contributed by atoms with Crippen molar-refractivity contribution >= 4 is 0 Å². The molecule has 20 heavy (non-hydrogen) atoms. The summed E-state index contributed by atoms with van der Waals surface area (Å²) in [6.45, 7) is 2.14. The van der Waals surface area contributed by atoms with E-state index in [1.807, 2.05) is 25.2 Å². The second kappa shape index (κ2) is 6.62. The second-order valence-electron chi connectivity index (χ2n) is 5.06. The number of rotatable bonds is 5. The molecule has 0 saturated carbocycles. The van der Waals surface area contributed by atoms with Crippen LogP contribution in [0.3, 0.4) is 0 Å². The molecule has 0 aliphatic rings. The van der Waals surface area contributed by atoms with Gasteiger partial charge in [-0.1, -0.05) is 30.3 Å². The Kier molecular flexibility index (Phi) is 4.85. The summed E-state index contributed by atoms with van der Waals surface area (Å²) in [5, 5.41) is 3.20. The highest BCUT2D eigenvalue weighted by Crippen LogP contribution is 2.23. The van der Waals surface area contributed by atoms with Gasteiger partial charge in [-0.15, -0.1) is 0 Å². The molecular formula is C17H19F2N. The molecule has 2 aromatic carbocycles. The lowest BCUT2D eigenvalue weighted by Crippen LogP contribution is -2.21. The molecule has 0 bridgehead atoms. The molecule has 2 rings (SSSR count). The fourth-order valence-electron chi connectivity index (χ4n) is 2.11. The normalized spacial score (nSPS) is 12.4. The lowest BCUT2D eigenvalue weighted by atomic mass is 9.99. The quantitative estimate of drug-likeness (QED) is 0.863. The summed E-state index contributed by atoms with van der Waals surface area (Å²) in [5.41, 5.74) is 2.82. The Hall–Kier alpha value is -1.74. The zero-order chi connectivity index (χ0) is 14.5. The van der Waals surface area contributed by atoms with Gasteiger partial charge in [0.1, 0.15) is 0 Å². The van der Waals surface area contributed by atoms with E-state index in [9.17, 15) is 8.78 Å². The largest absolute Gasteiger partial charge is 0.317 e. The fraction of sp³-hybridized carbons (Fsp3) is 0.294. The smallest absolute Gasteiger partial charge is 0.159 e. The molecule has 0 amide bonds. The van der Waals surface area contributed by atoms with Crippen LogP contribution >= 0.6 is 0 Å². The molecule has 0 spiro atoms. The minimum atomic E-state index is -0.812. The summed E-state index contributed by atoms with van der Waals surface area (Å²) < 4.78 is 26.2. The molecular weight excluding hydrogens is 256 g/mol. The zero-order valence-corrected chi connectivity index (χ0v) is 11.8. The Morgan fingerprint density at radius 3 is 2.45 bits per heavy atom. The Morgan fingerprint density at radius 1 is 1.00 bits per heavy atom. The van der Waals surface area contributed by atoms with Crippen molar-refractivity contribution in [1.29, 1.82) is 0 Å². The number of hydrogen-bond acceptors (Lipinski definition) is 1. The van der Waals surface area contributed by atoms with Crippen LogP contribution in [0.5, 0.6) is 0 Å². The van der Waals surface area contributed by atoms with Crippen molar-refractivity contribution in [1.82, 2.24) is 5.32 Å². The predicted molar refractivity (Wildman–Crippen MR) is 78.6 cm³/mol. The lowest BCUT2D eigenvalue weighted by Gasteiger charge is -2.10. The molecule has 3 heteroatoms. The molecule has 1 atom stereocenters. The van der Waals surface area contributed by atoms with Gasteiger partial charge in [0, 0.05) is 6.04 Å². The van der Waals surface area contributed by atoms with E-state index in [0.29, 0.717) is 11.6 Å². The first-order valence-electron chi connectivity index (χ1n) is 6.82. The minimum absolute atomic E-state index is 0.460. The molecule has 0 aliphatic carbocycles. The first kappa shape index (κ1) is 14.7. The van der Waals surface area contributed by atoms with E-state index in [2.05, 4.69) is 18.3 Å². The predicted octanol–water partition coefficient (Wildman–Crippen LogP) is 4.17. The van der Waals surface area contributed by atoms with Crippen LogP contribution in [0.25, 0.3) is 11.1 Å². The van der Waals surface area contributed by atoms with Crippen molar-refractivity contribution in [3.8, 4) is 11.1 Å². The van der Waals surface area contributed by atoms with Crippen LogP contribution in [0.2, 0.25) is 0 Å². The van der Waals surface area contributed by atoms with Crippen LogP contribution in [0.4, 0.5) is 8.78 Å². The molecule has 0 aliphatic heterocycles. The van der Waals surface area contributed by atoms with Crippen LogP contribution in [0.15, 0.2) is 42.5 Å². The average molecular weight is 275 g/mol. The van der Waals surface area contributed by atoms with Crippen molar-refractivity contribution in [3.63, 3.8) is 0 Å². The monoisotopic (exact) mass is 275 g/mol. The van der Waals surface area contributed by atoms with Crippen molar-refractivity contribution in [2.45, 2.75) is 25.8 Å². The van der Waals surface area contributed by atoms with Crippen molar-refractivity contribution in [2.75, 3.05) is 7.05 Å². The Morgan fingerprint density at radius 2 is 1.75 bits per heavy atom. The van der Waals surface area contributed by atoms with E-state index >= 15 is 0 Å². The third kappa shape index (κ3) is 3.64. The molecule has 0 radical (unpaired) electrons. The summed E-state index contributed by atoms with van der Waals surface area (Å²) >= 11 is 0. The van der Waals surface area contributed by atoms with E-state index in [1.54, 1.807) is 6.07 Å². The first-order valence-corrected chi connectivity index (χ1v) is 6.82. The topological polar surface area (TPSA) is 12.0 Å². The van der Waals surface area contributed by atoms with Gasteiger partial charge in [0.25, 0.3) is 0 Å². The third-order valence-electron chi connectivity index (χ3n) is 3.54. The summed E-state index contributed by atoms with van der Waals surface area (Å²) in [7, 11) is 1.95. The van der Waals surface area contributed by atoms with Crippen molar-refractivity contribution < 1.29 is 8.78 Å². The van der Waals surface area contributed by atoms with Gasteiger partial charge in [0.2, 0.25) is 0 Å². The van der Waals surface area contributed by atoms with Crippen molar-refractivity contribution in [3.05, 3.63) is 59.7 Å². The molecule has 1 nitrogen and oxygen atoms in total. The standard InChI is InChI=1S/C17H19F2N/c1-12(20-2)6-7-13-4-3-5-14(10-13)15-8-9-16(18)17(19)11-15/h3-5,8-12,20H,6-7H2,1-2H3. The summed E-state index contributed by atoms with van der Waals surface area (Å²) in [6.07, 6.45) is 2.00. The van der Waals surface area contributed by atoms with Crippen LogP contribution in [0, 0.1) is 11.6 Å². The molecule has 0 aromatic heterocycles. The van der Waals surface area contributed by atoms with Crippen LogP contribution < -0.4 is 5.32 Å². The number of hydrogen-bond donors (Lipinski definition) is 1. The molecule has 1 N–H and O–H groups in total. The number of benzene rings is 2. The van der Waals surface area contributed by atoms with Crippen molar-refractivity contribution in [2.24, 2.45) is 0 Å². The molecule has 1 unspecified atom stereocenters. The van der Waals surface area contributed by atoms with Gasteiger partial charge < -0.3 is 5.32 Å². The summed E-state index contributed by atoms with van der Waals surface area (Å²) in [5.74, 6) is -1.62. The highest BCUT2D eigenvalue weighted by molar-refractivity contribution is 5.64. The van der Waals surface area contributed by atoms with Crippen LogP contribution in [-0.4, -0.2) is 13.1 Å². The summed E-state index contributed by atoms with van der Waals surface area (Å²) in [6, 6.07) is 12.4. The molecule has 106 valence electrons. The number of aryl methyl sites for hydroxylation is 1. The van der Waals surface area contributed by atoms with E-state index in [-0.39, 0.29) is 0 Å². The van der Waals surface area contributed by atoms with E-state index in [4.69, 9.17) is 0 Å².